The van der Waals surface area contributed by atoms with Crippen molar-refractivity contribution in [2.45, 2.75) is 13.3 Å². The molecule has 0 atom stereocenters. The van der Waals surface area contributed by atoms with Crippen LogP contribution in [-0.2, 0) is 13.5 Å². The molecule has 0 aliphatic rings. The van der Waals surface area contributed by atoms with E-state index in [1.54, 1.807) is 0 Å². The molecular weight excluding hydrogens is 126 g/mol. The topological polar surface area (TPSA) is 25.2 Å². The highest BCUT2D eigenvalue weighted by Crippen LogP contribution is 2.05. The molecule has 1 heterocycles. The van der Waals surface area contributed by atoms with Crippen LogP contribution >= 0.6 is 0 Å². The van der Waals surface area contributed by atoms with Gasteiger partial charge in [-0.15, -0.1) is 0 Å². The van der Waals surface area contributed by atoms with Gasteiger partial charge in [-0.2, -0.15) is 0 Å². The van der Waals surface area contributed by atoms with E-state index in [0.717, 1.165) is 6.42 Å². The predicted molar refractivity (Wildman–Crippen MR) is 40.9 cm³/mol. The highest BCUT2D eigenvalue weighted by Gasteiger charge is 1.96. The van der Waals surface area contributed by atoms with Gasteiger partial charge in [0.2, 0.25) is 0 Å². The molecule has 0 aliphatic heterocycles. The molecule has 0 amide bonds. The number of nitrogens with zero attached hydrogens (tertiary/aromatic N) is 1. The Morgan fingerprint density at radius 1 is 1.60 bits per heavy atom. The molecule has 0 aromatic carbocycles. The number of hydrogen-bond donors (Lipinski definition) is 1. The van der Waals surface area contributed by atoms with E-state index in [1.165, 1.54) is 11.3 Å². The fraction of sp³-hybridized carbons (Fsp3) is 0.500. The standard InChI is InChI=1S/C8H13NO/c1-7-5-8(3-4-10)6-9(7)2/h5-6,10H,3-4H2,1-2H3. The van der Waals surface area contributed by atoms with Crippen LogP contribution in [0.3, 0.4) is 0 Å². The third-order valence-electron chi connectivity index (χ3n) is 1.71. The van der Waals surface area contributed by atoms with E-state index in [2.05, 4.69) is 17.6 Å². The first-order valence-corrected chi connectivity index (χ1v) is 3.46. The van der Waals surface area contributed by atoms with Crippen LogP contribution in [0.15, 0.2) is 12.3 Å². The second-order valence-corrected chi connectivity index (χ2v) is 2.57. The van der Waals surface area contributed by atoms with Crippen molar-refractivity contribution < 1.29 is 5.11 Å². The van der Waals surface area contributed by atoms with Gasteiger partial charge in [0.25, 0.3) is 0 Å². The lowest BCUT2D eigenvalue weighted by Crippen LogP contribution is -1.88. The maximum Gasteiger partial charge on any atom is 0.0472 e. The molecular formula is C8H13NO. The molecule has 0 bridgehead atoms. The van der Waals surface area contributed by atoms with Crippen molar-refractivity contribution in [3.63, 3.8) is 0 Å². The molecule has 2 heteroatoms. The molecule has 0 unspecified atom stereocenters. The first-order valence-electron chi connectivity index (χ1n) is 3.46. The third kappa shape index (κ3) is 1.39. The number of aliphatic hydroxyl groups is 1. The lowest BCUT2D eigenvalue weighted by atomic mass is 10.2. The Hall–Kier alpha value is -0.760. The van der Waals surface area contributed by atoms with Crippen molar-refractivity contribution in [1.29, 1.82) is 0 Å². The minimum Gasteiger partial charge on any atom is -0.396 e. The zero-order valence-electron chi connectivity index (χ0n) is 6.46. The molecule has 10 heavy (non-hydrogen) atoms. The number of hydrogen-bond acceptors (Lipinski definition) is 1. The zero-order chi connectivity index (χ0) is 7.56. The van der Waals surface area contributed by atoms with Crippen LogP contribution in [0, 0.1) is 6.92 Å². The smallest absolute Gasteiger partial charge is 0.0472 e. The average molecular weight is 139 g/mol. The van der Waals surface area contributed by atoms with E-state index in [-0.39, 0.29) is 6.61 Å². The highest BCUT2D eigenvalue weighted by atomic mass is 16.2. The van der Waals surface area contributed by atoms with Crippen LogP contribution in [0.25, 0.3) is 0 Å². The highest BCUT2D eigenvalue weighted by molar-refractivity contribution is 5.17. The van der Waals surface area contributed by atoms with E-state index < -0.39 is 0 Å². The van der Waals surface area contributed by atoms with Gasteiger partial charge in [-0.25, -0.2) is 0 Å². The Morgan fingerprint density at radius 3 is 2.70 bits per heavy atom. The molecule has 1 N–H and O–H groups in total. The van der Waals surface area contributed by atoms with Crippen molar-refractivity contribution in [3.8, 4) is 0 Å². The molecule has 0 spiro atoms. The SMILES string of the molecule is Cc1cc(CCO)cn1C. The van der Waals surface area contributed by atoms with Crippen molar-refractivity contribution in [2.75, 3.05) is 6.61 Å². The molecule has 0 aliphatic carbocycles. The number of rotatable bonds is 2. The van der Waals surface area contributed by atoms with Gasteiger partial charge >= 0.3 is 0 Å². The summed E-state index contributed by atoms with van der Waals surface area (Å²) in [6, 6.07) is 2.09. The molecule has 1 aromatic rings. The van der Waals surface area contributed by atoms with Crippen LogP contribution in [-0.4, -0.2) is 16.3 Å². The average Bonchev–Trinajstić information content (AvgIpc) is 2.14. The van der Waals surface area contributed by atoms with Crippen LogP contribution < -0.4 is 0 Å². The van der Waals surface area contributed by atoms with Gasteiger partial charge < -0.3 is 9.67 Å². The fourth-order valence-electron chi connectivity index (χ4n) is 1.02. The van der Waals surface area contributed by atoms with Gasteiger partial charge in [0, 0.05) is 25.5 Å². The molecule has 1 rings (SSSR count). The molecule has 0 radical (unpaired) electrons. The molecule has 0 saturated heterocycles. The minimum atomic E-state index is 0.240. The summed E-state index contributed by atoms with van der Waals surface area (Å²) in [5, 5.41) is 8.61. The summed E-state index contributed by atoms with van der Waals surface area (Å²) >= 11 is 0. The Balaban J connectivity index is 2.77. The molecule has 1 aromatic heterocycles. The van der Waals surface area contributed by atoms with Crippen molar-refractivity contribution in [1.82, 2.24) is 4.57 Å². The lowest BCUT2D eigenvalue weighted by molar-refractivity contribution is 0.299. The third-order valence-corrected chi connectivity index (χ3v) is 1.71. The van der Waals surface area contributed by atoms with Crippen LogP contribution in [0.4, 0.5) is 0 Å². The quantitative estimate of drug-likeness (QED) is 0.646. The summed E-state index contributed by atoms with van der Waals surface area (Å²) < 4.78 is 2.06. The van der Waals surface area contributed by atoms with Crippen molar-refractivity contribution in [3.05, 3.63) is 23.5 Å². The lowest BCUT2D eigenvalue weighted by Gasteiger charge is -1.90. The van der Waals surface area contributed by atoms with E-state index in [0.29, 0.717) is 0 Å². The maximum absolute atomic E-state index is 8.61. The van der Waals surface area contributed by atoms with Gasteiger partial charge in [-0.1, -0.05) is 0 Å². The summed E-state index contributed by atoms with van der Waals surface area (Å²) in [4.78, 5) is 0. The van der Waals surface area contributed by atoms with Gasteiger partial charge in [0.1, 0.15) is 0 Å². The Bertz CT molecular complexity index is 196. The van der Waals surface area contributed by atoms with Crippen LogP contribution in [0.5, 0.6) is 0 Å². The van der Waals surface area contributed by atoms with E-state index in [9.17, 15) is 0 Å². The first-order chi connectivity index (χ1) is 4.74. The van der Waals surface area contributed by atoms with Gasteiger partial charge in [0.15, 0.2) is 0 Å². The second-order valence-electron chi connectivity index (χ2n) is 2.57. The van der Waals surface area contributed by atoms with Crippen molar-refractivity contribution in [2.24, 2.45) is 7.05 Å². The predicted octanol–water partition coefficient (Wildman–Crippen LogP) is 0.868. The van der Waals surface area contributed by atoms with Crippen molar-refractivity contribution >= 4 is 0 Å². The Kier molecular flexibility index (Phi) is 2.12. The van der Waals surface area contributed by atoms with Gasteiger partial charge in [-0.3, -0.25) is 0 Å². The number of aryl methyl sites for hydroxylation is 2. The van der Waals surface area contributed by atoms with Crippen LogP contribution in [0.1, 0.15) is 11.3 Å². The fourth-order valence-corrected chi connectivity index (χ4v) is 1.02. The molecule has 0 fully saturated rings. The summed E-state index contributed by atoms with van der Waals surface area (Å²) in [6.07, 6.45) is 2.81. The largest absolute Gasteiger partial charge is 0.396 e. The molecule has 56 valence electrons. The normalized spacial score (nSPS) is 10.3. The number of aromatic nitrogens is 1. The van der Waals surface area contributed by atoms with Crippen LogP contribution in [0.2, 0.25) is 0 Å². The van der Waals surface area contributed by atoms with E-state index >= 15 is 0 Å². The second kappa shape index (κ2) is 2.88. The molecule has 2 nitrogen and oxygen atoms in total. The monoisotopic (exact) mass is 139 g/mol. The minimum absolute atomic E-state index is 0.240. The van der Waals surface area contributed by atoms with E-state index in [4.69, 9.17) is 5.11 Å². The zero-order valence-corrected chi connectivity index (χ0v) is 6.46. The van der Waals surface area contributed by atoms with E-state index in [1.807, 2.05) is 13.2 Å². The summed E-state index contributed by atoms with van der Waals surface area (Å²) in [6.45, 7) is 2.30. The van der Waals surface area contributed by atoms with Gasteiger partial charge in [0.05, 0.1) is 0 Å². The Labute approximate surface area is 61.1 Å². The Morgan fingerprint density at radius 2 is 2.30 bits per heavy atom. The summed E-state index contributed by atoms with van der Waals surface area (Å²) in [5.41, 5.74) is 2.45. The molecule has 0 saturated carbocycles. The first kappa shape index (κ1) is 7.35. The summed E-state index contributed by atoms with van der Waals surface area (Å²) in [5.74, 6) is 0. The maximum atomic E-state index is 8.61. The summed E-state index contributed by atoms with van der Waals surface area (Å²) in [7, 11) is 2.01. The van der Waals surface area contributed by atoms with Gasteiger partial charge in [-0.05, 0) is 25.0 Å². The number of aliphatic hydroxyl groups excluding tert-OH is 1.